The number of thiophene rings is 1. The van der Waals surface area contributed by atoms with Crippen LogP contribution in [0, 0.1) is 0 Å². The zero-order valence-corrected chi connectivity index (χ0v) is 14.2. The van der Waals surface area contributed by atoms with Crippen molar-refractivity contribution in [2.24, 2.45) is 0 Å². The molecular weight excluding hydrogens is 274 g/mol. The minimum atomic E-state index is 0.502. The monoisotopic (exact) mass is 303 g/mol. The van der Waals surface area contributed by atoms with Gasteiger partial charge in [-0.25, -0.2) is 0 Å². The zero-order valence-electron chi connectivity index (χ0n) is 13.4. The largest absolute Gasteiger partial charge is 0.306 e. The van der Waals surface area contributed by atoms with Crippen molar-refractivity contribution in [3.63, 3.8) is 0 Å². The summed E-state index contributed by atoms with van der Waals surface area (Å²) in [6, 6.07) is 3.04. The van der Waals surface area contributed by atoms with E-state index in [-0.39, 0.29) is 0 Å². The Morgan fingerprint density at radius 1 is 1.10 bits per heavy atom. The van der Waals surface area contributed by atoms with E-state index in [9.17, 15) is 0 Å². The Morgan fingerprint density at radius 3 is 2.76 bits per heavy atom. The maximum absolute atomic E-state index is 3.82. The molecule has 1 aromatic heterocycles. The highest BCUT2D eigenvalue weighted by atomic mass is 32.1. The standard InChI is InChI=1S/C19H29NS/c1-2-13-20-19(15-9-5-3-6-10-15)18-14-16-11-7-4-8-12-17(16)21-18/h9,14,19-20H,2-8,10-13H2,1H3. The van der Waals surface area contributed by atoms with Crippen molar-refractivity contribution in [3.05, 3.63) is 33.0 Å². The van der Waals surface area contributed by atoms with Crippen LogP contribution in [0.5, 0.6) is 0 Å². The zero-order chi connectivity index (χ0) is 14.5. The number of rotatable bonds is 5. The first-order chi connectivity index (χ1) is 10.4. The second kappa shape index (κ2) is 7.60. The van der Waals surface area contributed by atoms with E-state index in [2.05, 4.69) is 35.7 Å². The van der Waals surface area contributed by atoms with Gasteiger partial charge in [0.1, 0.15) is 0 Å². The Hall–Kier alpha value is -0.600. The molecule has 1 aromatic rings. The van der Waals surface area contributed by atoms with Gasteiger partial charge in [-0.2, -0.15) is 0 Å². The smallest absolute Gasteiger partial charge is 0.0630 e. The van der Waals surface area contributed by atoms with Crippen molar-refractivity contribution in [1.29, 1.82) is 0 Å². The molecule has 0 spiro atoms. The number of aryl methyl sites for hydroxylation is 2. The Kier molecular flexibility index (Phi) is 5.54. The maximum Gasteiger partial charge on any atom is 0.0630 e. The topological polar surface area (TPSA) is 12.0 Å². The van der Waals surface area contributed by atoms with Crippen LogP contribution in [0.25, 0.3) is 0 Å². The highest BCUT2D eigenvalue weighted by Crippen LogP contribution is 2.37. The normalized spacial score (nSPS) is 20.5. The van der Waals surface area contributed by atoms with E-state index in [1.807, 2.05) is 0 Å². The molecule has 1 atom stereocenters. The summed E-state index contributed by atoms with van der Waals surface area (Å²) in [5.41, 5.74) is 3.32. The van der Waals surface area contributed by atoms with E-state index in [1.165, 1.54) is 64.2 Å². The lowest BCUT2D eigenvalue weighted by atomic mass is 9.92. The minimum Gasteiger partial charge on any atom is -0.306 e. The molecule has 1 nitrogen and oxygen atoms in total. The first-order valence-electron chi connectivity index (χ1n) is 8.92. The van der Waals surface area contributed by atoms with Crippen LogP contribution in [0.1, 0.15) is 79.6 Å². The van der Waals surface area contributed by atoms with Crippen LogP contribution in [0.2, 0.25) is 0 Å². The van der Waals surface area contributed by atoms with Crippen molar-refractivity contribution < 1.29 is 0 Å². The average molecular weight is 304 g/mol. The fourth-order valence-corrected chi connectivity index (χ4v) is 5.04. The number of fused-ring (bicyclic) bond motifs is 1. The molecule has 2 aliphatic carbocycles. The lowest BCUT2D eigenvalue weighted by Crippen LogP contribution is -2.24. The summed E-state index contributed by atoms with van der Waals surface area (Å²) in [6.07, 6.45) is 15.9. The maximum atomic E-state index is 3.82. The van der Waals surface area contributed by atoms with Crippen molar-refractivity contribution in [1.82, 2.24) is 5.32 Å². The Labute approximate surface area is 133 Å². The molecule has 0 amide bonds. The van der Waals surface area contributed by atoms with Gasteiger partial charge < -0.3 is 5.32 Å². The van der Waals surface area contributed by atoms with Crippen LogP contribution < -0.4 is 5.32 Å². The van der Waals surface area contributed by atoms with Crippen LogP contribution in [0.4, 0.5) is 0 Å². The first kappa shape index (κ1) is 15.3. The Balaban J connectivity index is 1.83. The van der Waals surface area contributed by atoms with Gasteiger partial charge in [-0.1, -0.05) is 25.0 Å². The summed E-state index contributed by atoms with van der Waals surface area (Å²) in [5.74, 6) is 0. The summed E-state index contributed by atoms with van der Waals surface area (Å²) in [5, 5.41) is 3.82. The van der Waals surface area contributed by atoms with Gasteiger partial charge in [0.05, 0.1) is 6.04 Å². The van der Waals surface area contributed by atoms with Crippen molar-refractivity contribution in [2.75, 3.05) is 6.54 Å². The van der Waals surface area contributed by atoms with E-state index in [4.69, 9.17) is 0 Å². The molecule has 2 aliphatic rings. The molecule has 0 radical (unpaired) electrons. The summed E-state index contributed by atoms with van der Waals surface area (Å²) in [6.45, 7) is 3.40. The summed E-state index contributed by atoms with van der Waals surface area (Å²) in [7, 11) is 0. The predicted octanol–water partition coefficient (Wildman–Crippen LogP) is 5.56. The number of hydrogen-bond donors (Lipinski definition) is 1. The molecule has 0 bridgehead atoms. The summed E-state index contributed by atoms with van der Waals surface area (Å²) in [4.78, 5) is 3.27. The van der Waals surface area contributed by atoms with Gasteiger partial charge in [-0.3, -0.25) is 0 Å². The molecule has 1 heterocycles. The molecule has 1 unspecified atom stereocenters. The molecule has 0 aromatic carbocycles. The Bertz CT molecular complexity index is 462. The van der Waals surface area contributed by atoms with E-state index in [0.717, 1.165) is 6.54 Å². The lowest BCUT2D eigenvalue weighted by molar-refractivity contribution is 0.552. The molecular formula is C19H29NS. The quantitative estimate of drug-likeness (QED) is 0.555. The van der Waals surface area contributed by atoms with E-state index >= 15 is 0 Å². The lowest BCUT2D eigenvalue weighted by Gasteiger charge is -2.23. The molecule has 0 fully saturated rings. The third kappa shape index (κ3) is 3.78. The summed E-state index contributed by atoms with van der Waals surface area (Å²) >= 11 is 2.10. The molecule has 0 aliphatic heterocycles. The van der Waals surface area contributed by atoms with Gasteiger partial charge >= 0.3 is 0 Å². The van der Waals surface area contributed by atoms with Crippen LogP contribution in [0.3, 0.4) is 0 Å². The van der Waals surface area contributed by atoms with Gasteiger partial charge in [0, 0.05) is 9.75 Å². The highest BCUT2D eigenvalue weighted by Gasteiger charge is 2.22. The second-order valence-corrected chi connectivity index (χ2v) is 7.74. The SMILES string of the molecule is CCCNC(C1=CCCCC1)c1cc2c(s1)CCCCC2. The molecule has 0 saturated carbocycles. The third-order valence-corrected chi connectivity index (χ3v) is 6.15. The van der Waals surface area contributed by atoms with Gasteiger partial charge in [0.2, 0.25) is 0 Å². The molecule has 2 heteroatoms. The fourth-order valence-electron chi connectivity index (χ4n) is 3.66. The molecule has 116 valence electrons. The van der Waals surface area contributed by atoms with E-state index in [1.54, 1.807) is 20.9 Å². The average Bonchev–Trinajstić information content (AvgIpc) is 2.79. The summed E-state index contributed by atoms with van der Waals surface area (Å²) < 4.78 is 0. The van der Waals surface area contributed by atoms with Crippen molar-refractivity contribution in [3.8, 4) is 0 Å². The first-order valence-corrected chi connectivity index (χ1v) is 9.74. The van der Waals surface area contributed by atoms with Crippen molar-refractivity contribution in [2.45, 2.75) is 77.2 Å². The van der Waals surface area contributed by atoms with Gasteiger partial charge in [0.25, 0.3) is 0 Å². The molecule has 0 saturated heterocycles. The van der Waals surface area contributed by atoms with Crippen LogP contribution in [-0.2, 0) is 12.8 Å². The van der Waals surface area contributed by atoms with Crippen LogP contribution in [-0.4, -0.2) is 6.54 Å². The number of hydrogen-bond acceptors (Lipinski definition) is 2. The number of nitrogens with one attached hydrogen (secondary N) is 1. The molecule has 1 N–H and O–H groups in total. The second-order valence-electron chi connectivity index (χ2n) is 6.57. The van der Waals surface area contributed by atoms with Gasteiger partial charge in [-0.15, -0.1) is 11.3 Å². The fraction of sp³-hybridized carbons (Fsp3) is 0.684. The van der Waals surface area contributed by atoms with Crippen LogP contribution in [0.15, 0.2) is 17.7 Å². The van der Waals surface area contributed by atoms with E-state index < -0.39 is 0 Å². The molecule has 21 heavy (non-hydrogen) atoms. The van der Waals surface area contributed by atoms with Gasteiger partial charge in [-0.05, 0) is 76.0 Å². The minimum absolute atomic E-state index is 0.502. The van der Waals surface area contributed by atoms with Crippen molar-refractivity contribution >= 4 is 11.3 Å². The predicted molar refractivity (Wildman–Crippen MR) is 93.2 cm³/mol. The molecule has 3 rings (SSSR count). The third-order valence-electron chi connectivity index (χ3n) is 4.85. The van der Waals surface area contributed by atoms with E-state index in [0.29, 0.717) is 6.04 Å². The van der Waals surface area contributed by atoms with Gasteiger partial charge in [0.15, 0.2) is 0 Å². The highest BCUT2D eigenvalue weighted by molar-refractivity contribution is 7.12. The number of allylic oxidation sites excluding steroid dienone is 1. The van der Waals surface area contributed by atoms with Crippen LogP contribution >= 0.6 is 11.3 Å². The Morgan fingerprint density at radius 2 is 1.95 bits per heavy atom.